The van der Waals surface area contributed by atoms with Crippen molar-refractivity contribution in [2.75, 3.05) is 27.4 Å². The van der Waals surface area contributed by atoms with E-state index in [1.165, 1.54) is 14.2 Å². The first kappa shape index (κ1) is 18.1. The molecule has 0 atom stereocenters. The van der Waals surface area contributed by atoms with E-state index < -0.39 is 12.1 Å². The van der Waals surface area contributed by atoms with Crippen molar-refractivity contribution in [3.8, 4) is 17.2 Å². The van der Waals surface area contributed by atoms with E-state index in [0.717, 1.165) is 16.8 Å². The van der Waals surface area contributed by atoms with Gasteiger partial charge in [0.2, 0.25) is 0 Å². The molecule has 0 saturated carbocycles. The third kappa shape index (κ3) is 4.41. The molecule has 0 radical (unpaired) electrons. The summed E-state index contributed by atoms with van der Waals surface area (Å²) in [6.45, 7) is 3.39. The average Bonchev–Trinajstić information content (AvgIpc) is 2.64. The van der Waals surface area contributed by atoms with Crippen LogP contribution in [-0.4, -0.2) is 39.4 Å². The zero-order valence-electron chi connectivity index (χ0n) is 14.0. The van der Waals surface area contributed by atoms with E-state index in [-0.39, 0.29) is 18.9 Å². The van der Waals surface area contributed by atoms with Crippen molar-refractivity contribution in [1.29, 1.82) is 0 Å². The van der Waals surface area contributed by atoms with Crippen LogP contribution in [0.5, 0.6) is 17.2 Å². The minimum atomic E-state index is -0.703. The van der Waals surface area contributed by atoms with Gasteiger partial charge in [-0.1, -0.05) is 30.8 Å². The van der Waals surface area contributed by atoms with Gasteiger partial charge in [0.25, 0.3) is 0 Å². The Kier molecular flexibility index (Phi) is 6.22. The van der Waals surface area contributed by atoms with Crippen LogP contribution in [0.4, 0.5) is 4.79 Å². The van der Waals surface area contributed by atoms with E-state index in [1.807, 2.05) is 24.3 Å². The first-order valence-corrected chi connectivity index (χ1v) is 7.49. The summed E-state index contributed by atoms with van der Waals surface area (Å²) >= 11 is 0. The van der Waals surface area contributed by atoms with Crippen LogP contribution in [0, 0.1) is 0 Å². The molecule has 25 heavy (non-hydrogen) atoms. The van der Waals surface area contributed by atoms with Crippen LogP contribution in [0.2, 0.25) is 0 Å². The molecule has 0 heterocycles. The number of ether oxygens (including phenoxy) is 4. The first-order chi connectivity index (χ1) is 12.1. The van der Waals surface area contributed by atoms with Crippen LogP contribution in [0.15, 0.2) is 43.0 Å². The molecule has 0 aliphatic heterocycles. The zero-order valence-corrected chi connectivity index (χ0v) is 14.0. The maximum atomic E-state index is 11.9. The van der Waals surface area contributed by atoms with Gasteiger partial charge in [-0.3, -0.25) is 0 Å². The van der Waals surface area contributed by atoms with Gasteiger partial charge in [-0.15, -0.1) is 0 Å². The number of rotatable bonds is 7. The summed E-state index contributed by atoms with van der Waals surface area (Å²) in [5.41, 5.74) is 0. The van der Waals surface area contributed by atoms with Gasteiger partial charge in [-0.25, -0.2) is 9.59 Å². The van der Waals surface area contributed by atoms with E-state index >= 15 is 0 Å². The standard InChI is InChI=1S/C18H19NO6/c1-4-16(20)24-10-9-19-18(21)25-15-11-14(22-2)12-7-5-6-8-13(12)17(15)23-3/h4-8,11H,1,9-10H2,2-3H3,(H,19,21). The minimum absolute atomic E-state index is 0.0120. The number of amides is 1. The van der Waals surface area contributed by atoms with Gasteiger partial charge in [0, 0.05) is 22.9 Å². The number of hydrogen-bond donors (Lipinski definition) is 1. The van der Waals surface area contributed by atoms with Crippen molar-refractivity contribution in [1.82, 2.24) is 5.32 Å². The average molecular weight is 345 g/mol. The van der Waals surface area contributed by atoms with Gasteiger partial charge in [-0.2, -0.15) is 0 Å². The second-order valence-corrected chi connectivity index (χ2v) is 4.84. The molecule has 2 rings (SSSR count). The lowest BCUT2D eigenvalue weighted by molar-refractivity contribution is -0.137. The highest BCUT2D eigenvalue weighted by molar-refractivity contribution is 5.96. The molecule has 0 aromatic heterocycles. The molecule has 132 valence electrons. The normalized spacial score (nSPS) is 10.0. The number of fused-ring (bicyclic) bond motifs is 1. The maximum Gasteiger partial charge on any atom is 0.412 e. The van der Waals surface area contributed by atoms with Gasteiger partial charge < -0.3 is 24.3 Å². The smallest absolute Gasteiger partial charge is 0.412 e. The third-order valence-corrected chi connectivity index (χ3v) is 3.33. The number of methoxy groups -OCH3 is 2. The molecule has 2 aromatic carbocycles. The molecule has 1 N–H and O–H groups in total. The van der Waals surface area contributed by atoms with Gasteiger partial charge in [0.1, 0.15) is 12.4 Å². The molecular weight excluding hydrogens is 326 g/mol. The Labute approximate surface area is 145 Å². The van der Waals surface area contributed by atoms with Crippen LogP contribution >= 0.6 is 0 Å². The summed E-state index contributed by atoms with van der Waals surface area (Å²) < 4.78 is 20.8. The fourth-order valence-electron chi connectivity index (χ4n) is 2.25. The molecular formula is C18H19NO6. The Morgan fingerprint density at radius 2 is 1.84 bits per heavy atom. The molecule has 0 unspecified atom stereocenters. The highest BCUT2D eigenvalue weighted by atomic mass is 16.6. The number of carbonyl (C=O) groups excluding carboxylic acids is 2. The van der Waals surface area contributed by atoms with Crippen LogP contribution in [0.1, 0.15) is 0 Å². The van der Waals surface area contributed by atoms with Gasteiger partial charge >= 0.3 is 12.1 Å². The summed E-state index contributed by atoms with van der Waals surface area (Å²) in [5, 5.41) is 4.07. The molecule has 0 bridgehead atoms. The lowest BCUT2D eigenvalue weighted by Crippen LogP contribution is -2.30. The summed E-state index contributed by atoms with van der Waals surface area (Å²) in [6, 6.07) is 9.04. The Morgan fingerprint density at radius 1 is 1.12 bits per heavy atom. The van der Waals surface area contributed by atoms with Crippen molar-refractivity contribution in [2.45, 2.75) is 0 Å². The molecule has 0 aliphatic rings. The molecule has 1 amide bonds. The van der Waals surface area contributed by atoms with Crippen LogP contribution in [-0.2, 0) is 9.53 Å². The van der Waals surface area contributed by atoms with Gasteiger partial charge in [0.05, 0.1) is 20.8 Å². The molecule has 7 heteroatoms. The molecule has 7 nitrogen and oxygen atoms in total. The van der Waals surface area contributed by atoms with Crippen molar-refractivity contribution in [3.05, 3.63) is 43.0 Å². The van der Waals surface area contributed by atoms with Crippen LogP contribution in [0.3, 0.4) is 0 Å². The van der Waals surface area contributed by atoms with Crippen molar-refractivity contribution >= 4 is 22.8 Å². The summed E-state index contributed by atoms with van der Waals surface area (Å²) in [7, 11) is 3.03. The van der Waals surface area contributed by atoms with Crippen molar-refractivity contribution in [2.24, 2.45) is 0 Å². The first-order valence-electron chi connectivity index (χ1n) is 7.49. The summed E-state index contributed by atoms with van der Waals surface area (Å²) in [5.74, 6) is 0.637. The fourth-order valence-corrected chi connectivity index (χ4v) is 2.25. The highest BCUT2D eigenvalue weighted by Gasteiger charge is 2.17. The largest absolute Gasteiger partial charge is 0.496 e. The molecule has 0 aliphatic carbocycles. The minimum Gasteiger partial charge on any atom is -0.496 e. The number of carbonyl (C=O) groups is 2. The molecule has 0 fully saturated rings. The molecule has 2 aromatic rings. The SMILES string of the molecule is C=CC(=O)OCCNC(=O)Oc1cc(OC)c2ccccc2c1OC. The number of hydrogen-bond acceptors (Lipinski definition) is 6. The zero-order chi connectivity index (χ0) is 18.2. The summed E-state index contributed by atoms with van der Waals surface area (Å²) in [4.78, 5) is 22.9. The topological polar surface area (TPSA) is 83.1 Å². The maximum absolute atomic E-state index is 11.9. The monoisotopic (exact) mass is 345 g/mol. The predicted octanol–water partition coefficient (Wildman–Crippen LogP) is 2.67. The third-order valence-electron chi connectivity index (χ3n) is 3.33. The molecule has 0 saturated heterocycles. The van der Waals surface area contributed by atoms with E-state index in [4.69, 9.17) is 18.9 Å². The van der Waals surface area contributed by atoms with E-state index in [1.54, 1.807) is 6.07 Å². The molecule has 0 spiro atoms. The van der Waals surface area contributed by atoms with Crippen molar-refractivity contribution in [3.63, 3.8) is 0 Å². The quantitative estimate of drug-likeness (QED) is 0.472. The Balaban J connectivity index is 2.13. The second kappa shape index (κ2) is 8.58. The lowest BCUT2D eigenvalue weighted by atomic mass is 10.1. The Hall–Kier alpha value is -3.22. The number of esters is 1. The van der Waals surface area contributed by atoms with E-state index in [9.17, 15) is 9.59 Å². The van der Waals surface area contributed by atoms with E-state index in [2.05, 4.69) is 11.9 Å². The van der Waals surface area contributed by atoms with Crippen LogP contribution < -0.4 is 19.5 Å². The Morgan fingerprint density at radius 3 is 2.48 bits per heavy atom. The number of nitrogens with one attached hydrogen (secondary N) is 1. The van der Waals surface area contributed by atoms with Crippen molar-refractivity contribution < 1.29 is 28.5 Å². The summed E-state index contributed by atoms with van der Waals surface area (Å²) in [6.07, 6.45) is 0.343. The predicted molar refractivity (Wildman–Crippen MR) is 92.2 cm³/mol. The Bertz CT molecular complexity index is 786. The number of benzene rings is 2. The van der Waals surface area contributed by atoms with Crippen LogP contribution in [0.25, 0.3) is 10.8 Å². The van der Waals surface area contributed by atoms with Gasteiger partial charge in [-0.05, 0) is 0 Å². The second-order valence-electron chi connectivity index (χ2n) is 4.84. The highest BCUT2D eigenvalue weighted by Crippen LogP contribution is 2.41. The van der Waals surface area contributed by atoms with E-state index in [0.29, 0.717) is 11.5 Å². The fraction of sp³-hybridized carbons (Fsp3) is 0.222. The lowest BCUT2D eigenvalue weighted by Gasteiger charge is -2.15. The van der Waals surface area contributed by atoms with Gasteiger partial charge in [0.15, 0.2) is 11.5 Å².